The van der Waals surface area contributed by atoms with Crippen molar-refractivity contribution in [3.05, 3.63) is 0 Å². The van der Waals surface area contributed by atoms with Crippen molar-refractivity contribution in [1.29, 1.82) is 0 Å². The Morgan fingerprint density at radius 2 is 1.82 bits per heavy atom. The minimum Gasteiger partial charge on any atom is -0.389 e. The van der Waals surface area contributed by atoms with Crippen LogP contribution in [0.3, 0.4) is 0 Å². The Balaban J connectivity index is 2.39. The molecule has 0 bridgehead atoms. The molecular formula is C14H30N2O. The van der Waals surface area contributed by atoms with E-state index in [4.69, 9.17) is 0 Å². The molecule has 1 aliphatic rings. The van der Waals surface area contributed by atoms with E-state index in [9.17, 15) is 5.11 Å². The van der Waals surface area contributed by atoms with Gasteiger partial charge in [-0.05, 0) is 39.5 Å². The monoisotopic (exact) mass is 242 g/mol. The van der Waals surface area contributed by atoms with Gasteiger partial charge >= 0.3 is 0 Å². The van der Waals surface area contributed by atoms with Crippen molar-refractivity contribution >= 4 is 0 Å². The number of hydrogen-bond donors (Lipinski definition) is 2. The van der Waals surface area contributed by atoms with E-state index in [-0.39, 0.29) is 11.0 Å². The molecule has 2 N–H and O–H groups in total. The molecule has 1 atom stereocenters. The predicted molar refractivity (Wildman–Crippen MR) is 73.2 cm³/mol. The molecule has 0 amide bonds. The number of hydrogen-bond acceptors (Lipinski definition) is 3. The van der Waals surface area contributed by atoms with Crippen molar-refractivity contribution in [2.75, 3.05) is 26.2 Å². The normalized spacial score (nSPS) is 27.7. The third-order valence-electron chi connectivity index (χ3n) is 3.28. The van der Waals surface area contributed by atoms with Gasteiger partial charge in [0.2, 0.25) is 0 Å². The fraction of sp³-hybridized carbons (Fsp3) is 1.00. The van der Waals surface area contributed by atoms with E-state index < -0.39 is 5.60 Å². The van der Waals surface area contributed by atoms with Gasteiger partial charge in [0, 0.05) is 31.7 Å². The molecule has 1 heterocycles. The quantitative estimate of drug-likeness (QED) is 0.790. The van der Waals surface area contributed by atoms with Crippen LogP contribution in [-0.4, -0.2) is 47.3 Å². The second-order valence-corrected chi connectivity index (χ2v) is 7.73. The van der Waals surface area contributed by atoms with Crippen LogP contribution in [0.1, 0.15) is 48.0 Å². The fourth-order valence-electron chi connectivity index (χ4n) is 2.34. The lowest BCUT2D eigenvalue weighted by molar-refractivity contribution is 0.0626. The molecule has 0 aromatic carbocycles. The van der Waals surface area contributed by atoms with Gasteiger partial charge in [0.1, 0.15) is 0 Å². The Morgan fingerprint density at radius 3 is 2.24 bits per heavy atom. The van der Waals surface area contributed by atoms with E-state index in [0.717, 1.165) is 32.6 Å². The lowest BCUT2D eigenvalue weighted by Gasteiger charge is -2.34. The van der Waals surface area contributed by atoms with Crippen LogP contribution < -0.4 is 5.32 Å². The Hall–Kier alpha value is -0.120. The molecule has 1 fully saturated rings. The lowest BCUT2D eigenvalue weighted by Crippen LogP contribution is -2.46. The number of β-amino-alcohol motifs (C(OH)–C–C–N with tert-alkyl or cyclic N) is 1. The molecule has 0 aromatic rings. The van der Waals surface area contributed by atoms with E-state index in [0.29, 0.717) is 0 Å². The van der Waals surface area contributed by atoms with Gasteiger partial charge in [-0.15, -0.1) is 0 Å². The smallest absolute Gasteiger partial charge is 0.0758 e. The highest BCUT2D eigenvalue weighted by Gasteiger charge is 2.34. The SMILES string of the molecule is CC(C)(CNC(C)(C)C)CN1CCC(C)(O)C1. The predicted octanol–water partition coefficient (Wildman–Crippen LogP) is 1.86. The van der Waals surface area contributed by atoms with Crippen LogP contribution in [0, 0.1) is 5.41 Å². The molecule has 0 spiro atoms. The summed E-state index contributed by atoms with van der Waals surface area (Å²) in [6.45, 7) is 17.0. The number of nitrogens with one attached hydrogen (secondary N) is 1. The lowest BCUT2D eigenvalue weighted by atomic mass is 9.91. The minimum atomic E-state index is -0.479. The van der Waals surface area contributed by atoms with Gasteiger partial charge in [0.15, 0.2) is 0 Å². The second kappa shape index (κ2) is 4.87. The first-order chi connectivity index (χ1) is 7.49. The number of rotatable bonds is 4. The van der Waals surface area contributed by atoms with Crippen molar-refractivity contribution in [2.45, 2.75) is 59.1 Å². The van der Waals surface area contributed by atoms with Gasteiger partial charge in [-0.1, -0.05) is 13.8 Å². The standard InChI is InChI=1S/C14H30N2O/c1-12(2,3)15-9-13(4,5)10-16-8-7-14(6,17)11-16/h15,17H,7-11H2,1-6H3. The van der Waals surface area contributed by atoms with Gasteiger partial charge in [0.05, 0.1) is 5.60 Å². The van der Waals surface area contributed by atoms with E-state index in [2.05, 4.69) is 44.8 Å². The van der Waals surface area contributed by atoms with E-state index in [1.165, 1.54) is 0 Å². The largest absolute Gasteiger partial charge is 0.389 e. The Kier molecular flexibility index (Phi) is 4.28. The molecule has 17 heavy (non-hydrogen) atoms. The molecule has 3 heteroatoms. The maximum Gasteiger partial charge on any atom is 0.0758 e. The average Bonchev–Trinajstić information content (AvgIpc) is 2.40. The second-order valence-electron chi connectivity index (χ2n) is 7.73. The summed E-state index contributed by atoms with van der Waals surface area (Å²) in [5.41, 5.74) is -0.0605. The number of likely N-dealkylation sites (tertiary alicyclic amines) is 1. The van der Waals surface area contributed by atoms with Gasteiger partial charge in [0.25, 0.3) is 0 Å². The molecule has 0 saturated carbocycles. The van der Waals surface area contributed by atoms with E-state index >= 15 is 0 Å². The summed E-state index contributed by atoms with van der Waals surface area (Å²) in [6.07, 6.45) is 0.899. The van der Waals surface area contributed by atoms with Gasteiger partial charge in [-0.25, -0.2) is 0 Å². The first kappa shape index (κ1) is 14.9. The summed E-state index contributed by atoms with van der Waals surface area (Å²) in [5.74, 6) is 0. The summed E-state index contributed by atoms with van der Waals surface area (Å²) in [7, 11) is 0. The molecule has 1 aliphatic heterocycles. The summed E-state index contributed by atoms with van der Waals surface area (Å²) in [4.78, 5) is 2.38. The minimum absolute atomic E-state index is 0.174. The van der Waals surface area contributed by atoms with Crippen LogP contribution in [0.25, 0.3) is 0 Å². The van der Waals surface area contributed by atoms with Crippen LogP contribution in [0.2, 0.25) is 0 Å². The Bertz CT molecular complexity index is 253. The molecule has 1 saturated heterocycles. The summed E-state index contributed by atoms with van der Waals surface area (Å²) in [5, 5.41) is 13.5. The van der Waals surface area contributed by atoms with Crippen LogP contribution >= 0.6 is 0 Å². The van der Waals surface area contributed by atoms with Gasteiger partial charge in [-0.2, -0.15) is 0 Å². The summed E-state index contributed by atoms with van der Waals surface area (Å²) >= 11 is 0. The van der Waals surface area contributed by atoms with Crippen molar-refractivity contribution in [3.63, 3.8) is 0 Å². The zero-order chi connectivity index (χ0) is 13.3. The van der Waals surface area contributed by atoms with Crippen molar-refractivity contribution in [1.82, 2.24) is 10.2 Å². The van der Waals surface area contributed by atoms with E-state index in [1.807, 2.05) is 6.92 Å². The maximum absolute atomic E-state index is 9.96. The van der Waals surface area contributed by atoms with Crippen molar-refractivity contribution in [2.24, 2.45) is 5.41 Å². The number of nitrogens with zero attached hydrogens (tertiary/aromatic N) is 1. The Morgan fingerprint density at radius 1 is 1.24 bits per heavy atom. The fourth-order valence-corrected chi connectivity index (χ4v) is 2.34. The highest BCUT2D eigenvalue weighted by atomic mass is 16.3. The highest BCUT2D eigenvalue weighted by molar-refractivity contribution is 4.89. The van der Waals surface area contributed by atoms with E-state index in [1.54, 1.807) is 0 Å². The van der Waals surface area contributed by atoms with Crippen molar-refractivity contribution < 1.29 is 5.11 Å². The van der Waals surface area contributed by atoms with Gasteiger partial charge in [-0.3, -0.25) is 4.90 Å². The Labute approximate surface area is 107 Å². The molecule has 0 aliphatic carbocycles. The third kappa shape index (κ3) is 5.84. The average molecular weight is 242 g/mol. The van der Waals surface area contributed by atoms with Crippen LogP contribution in [0.5, 0.6) is 0 Å². The molecule has 1 unspecified atom stereocenters. The van der Waals surface area contributed by atoms with Gasteiger partial charge < -0.3 is 10.4 Å². The van der Waals surface area contributed by atoms with Crippen LogP contribution in [0.4, 0.5) is 0 Å². The van der Waals surface area contributed by atoms with Crippen molar-refractivity contribution in [3.8, 4) is 0 Å². The first-order valence-corrected chi connectivity index (χ1v) is 6.69. The topological polar surface area (TPSA) is 35.5 Å². The number of aliphatic hydroxyl groups is 1. The zero-order valence-electron chi connectivity index (χ0n) is 12.4. The van der Waals surface area contributed by atoms with Crippen LogP contribution in [0.15, 0.2) is 0 Å². The highest BCUT2D eigenvalue weighted by Crippen LogP contribution is 2.25. The molecule has 0 aromatic heterocycles. The summed E-state index contributed by atoms with van der Waals surface area (Å²) < 4.78 is 0. The molecule has 102 valence electrons. The molecule has 1 rings (SSSR count). The van der Waals surface area contributed by atoms with Crippen LogP contribution in [-0.2, 0) is 0 Å². The molecule has 0 radical (unpaired) electrons. The molecular weight excluding hydrogens is 212 g/mol. The maximum atomic E-state index is 9.96. The molecule has 3 nitrogen and oxygen atoms in total. The third-order valence-corrected chi connectivity index (χ3v) is 3.28. The zero-order valence-corrected chi connectivity index (χ0v) is 12.4. The summed E-state index contributed by atoms with van der Waals surface area (Å²) in [6, 6.07) is 0. The first-order valence-electron chi connectivity index (χ1n) is 6.69.